The highest BCUT2D eigenvalue weighted by molar-refractivity contribution is 7.89. The van der Waals surface area contributed by atoms with Gasteiger partial charge in [0.1, 0.15) is 0 Å². The van der Waals surface area contributed by atoms with Crippen molar-refractivity contribution in [3.05, 3.63) is 65.7 Å². The Bertz CT molecular complexity index is 652. The van der Waals surface area contributed by atoms with E-state index in [1.807, 2.05) is 44.2 Å². The monoisotopic (exact) mass is 290 g/mol. The van der Waals surface area contributed by atoms with Crippen molar-refractivity contribution in [2.45, 2.75) is 24.8 Å². The van der Waals surface area contributed by atoms with E-state index in [0.717, 1.165) is 11.1 Å². The van der Waals surface area contributed by atoms with Gasteiger partial charge in [-0.1, -0.05) is 48.0 Å². The minimum absolute atomic E-state index is 0.114. The van der Waals surface area contributed by atoms with Gasteiger partial charge in [-0.3, -0.25) is 0 Å². The Kier molecular flexibility index (Phi) is 4.54. The summed E-state index contributed by atoms with van der Waals surface area (Å²) in [7, 11) is -3.54. The van der Waals surface area contributed by atoms with Crippen LogP contribution >= 0.6 is 0 Å². The number of aryl methyl sites for hydroxylation is 1. The minimum atomic E-state index is -3.54. The molecule has 1 unspecified atom stereocenters. The van der Waals surface area contributed by atoms with Crippen LogP contribution in [0.15, 0.2) is 59.5 Å². The summed E-state index contributed by atoms with van der Waals surface area (Å²) in [5.74, 6) is 0. The van der Waals surface area contributed by atoms with Gasteiger partial charge in [-0.2, -0.15) is 0 Å². The third kappa shape index (κ3) is 3.66. The highest BCUT2D eigenvalue weighted by Crippen LogP contribution is 2.12. The molecule has 2 aromatic carbocycles. The summed E-state index contributed by atoms with van der Waals surface area (Å²) in [6, 6.07) is 16.3. The van der Waals surface area contributed by atoms with Crippen LogP contribution in [0.4, 0.5) is 0 Å². The molecule has 0 aromatic heterocycles. The molecular weight excluding hydrogens is 272 g/mol. The van der Waals surface area contributed by atoms with Gasteiger partial charge in [-0.15, -0.1) is 4.83 Å². The number of benzene rings is 2. The molecule has 4 nitrogen and oxygen atoms in total. The normalized spacial score (nSPS) is 13.1. The molecule has 0 fully saturated rings. The van der Waals surface area contributed by atoms with Crippen LogP contribution in [0.3, 0.4) is 0 Å². The first-order valence-electron chi connectivity index (χ1n) is 6.38. The molecule has 106 valence electrons. The fraction of sp³-hybridized carbons (Fsp3) is 0.200. The second kappa shape index (κ2) is 6.17. The molecule has 2 aromatic rings. The lowest BCUT2D eigenvalue weighted by molar-refractivity contribution is 0.514. The first-order chi connectivity index (χ1) is 9.49. The molecule has 0 saturated carbocycles. The molecule has 0 aliphatic carbocycles. The van der Waals surface area contributed by atoms with Crippen LogP contribution in [0.25, 0.3) is 0 Å². The zero-order valence-corrected chi connectivity index (χ0v) is 12.3. The second-order valence-electron chi connectivity index (χ2n) is 4.70. The Balaban J connectivity index is 2.04. The quantitative estimate of drug-likeness (QED) is 0.832. The van der Waals surface area contributed by atoms with Gasteiger partial charge in [0.05, 0.1) is 4.90 Å². The summed E-state index contributed by atoms with van der Waals surface area (Å²) in [4.78, 5) is 2.66. The molecule has 0 radical (unpaired) electrons. The van der Waals surface area contributed by atoms with Gasteiger partial charge < -0.3 is 0 Å². The molecule has 0 bridgehead atoms. The van der Waals surface area contributed by atoms with Crippen LogP contribution in [0.5, 0.6) is 0 Å². The Hall–Kier alpha value is -1.69. The number of hydrogen-bond acceptors (Lipinski definition) is 3. The average Bonchev–Trinajstić information content (AvgIpc) is 2.46. The summed E-state index contributed by atoms with van der Waals surface area (Å²) in [6.45, 7) is 3.81. The van der Waals surface area contributed by atoms with E-state index in [1.165, 1.54) is 0 Å². The lowest BCUT2D eigenvalue weighted by Gasteiger charge is -2.15. The minimum Gasteiger partial charge on any atom is -0.237 e. The van der Waals surface area contributed by atoms with Crippen molar-refractivity contribution in [3.8, 4) is 0 Å². The third-order valence-electron chi connectivity index (χ3n) is 3.04. The Morgan fingerprint density at radius 1 is 0.950 bits per heavy atom. The molecule has 2 rings (SSSR count). The predicted molar refractivity (Wildman–Crippen MR) is 79.5 cm³/mol. The van der Waals surface area contributed by atoms with E-state index in [1.54, 1.807) is 24.3 Å². The van der Waals surface area contributed by atoms with Crippen molar-refractivity contribution in [1.29, 1.82) is 0 Å². The highest BCUT2D eigenvalue weighted by Gasteiger charge is 2.14. The maximum atomic E-state index is 12.1. The van der Waals surface area contributed by atoms with Crippen LogP contribution < -0.4 is 10.3 Å². The molecule has 20 heavy (non-hydrogen) atoms. The van der Waals surface area contributed by atoms with Gasteiger partial charge >= 0.3 is 0 Å². The number of hydrazine groups is 1. The summed E-state index contributed by atoms with van der Waals surface area (Å²) >= 11 is 0. The number of hydrogen-bond donors (Lipinski definition) is 2. The standard InChI is InChI=1S/C15H18N2O2S/c1-12-8-10-15(11-9-12)20(18,19)17-16-13(2)14-6-4-3-5-7-14/h3-11,13,16-17H,1-2H3. The fourth-order valence-corrected chi connectivity index (χ4v) is 2.71. The molecule has 0 spiro atoms. The zero-order valence-electron chi connectivity index (χ0n) is 11.5. The first-order valence-corrected chi connectivity index (χ1v) is 7.86. The Morgan fingerprint density at radius 3 is 2.15 bits per heavy atom. The fourth-order valence-electron chi connectivity index (χ4n) is 1.77. The number of rotatable bonds is 5. The molecule has 0 saturated heterocycles. The highest BCUT2D eigenvalue weighted by atomic mass is 32.2. The molecule has 2 N–H and O–H groups in total. The second-order valence-corrected chi connectivity index (χ2v) is 6.38. The van der Waals surface area contributed by atoms with Gasteiger partial charge in [0.25, 0.3) is 10.0 Å². The van der Waals surface area contributed by atoms with E-state index in [2.05, 4.69) is 10.3 Å². The third-order valence-corrected chi connectivity index (χ3v) is 4.32. The van der Waals surface area contributed by atoms with Crippen molar-refractivity contribution in [2.75, 3.05) is 0 Å². The lowest BCUT2D eigenvalue weighted by atomic mass is 10.1. The molecule has 5 heteroatoms. The molecular formula is C15H18N2O2S. The lowest BCUT2D eigenvalue weighted by Crippen LogP contribution is -2.38. The summed E-state index contributed by atoms with van der Waals surface area (Å²) in [6.07, 6.45) is 0. The van der Waals surface area contributed by atoms with Crippen LogP contribution in [-0.2, 0) is 10.0 Å². The van der Waals surface area contributed by atoms with Crippen molar-refractivity contribution in [3.63, 3.8) is 0 Å². The van der Waals surface area contributed by atoms with E-state index >= 15 is 0 Å². The molecule has 0 amide bonds. The molecule has 1 atom stereocenters. The predicted octanol–water partition coefficient (Wildman–Crippen LogP) is 2.54. The summed E-state index contributed by atoms with van der Waals surface area (Å²) in [5.41, 5.74) is 4.85. The van der Waals surface area contributed by atoms with Gasteiger partial charge in [-0.05, 0) is 31.5 Å². The maximum absolute atomic E-state index is 12.1. The SMILES string of the molecule is Cc1ccc(S(=O)(=O)NNC(C)c2ccccc2)cc1. The van der Waals surface area contributed by atoms with Crippen molar-refractivity contribution >= 4 is 10.0 Å². The number of nitrogens with one attached hydrogen (secondary N) is 2. The van der Waals surface area contributed by atoms with Crippen molar-refractivity contribution in [1.82, 2.24) is 10.3 Å². The Morgan fingerprint density at radius 2 is 1.55 bits per heavy atom. The Labute approximate surface area is 119 Å². The topological polar surface area (TPSA) is 58.2 Å². The van der Waals surface area contributed by atoms with Gasteiger partial charge in [0.15, 0.2) is 0 Å². The van der Waals surface area contributed by atoms with Crippen LogP contribution in [0.1, 0.15) is 24.1 Å². The van der Waals surface area contributed by atoms with Gasteiger partial charge in [-0.25, -0.2) is 13.8 Å². The molecule has 0 aliphatic heterocycles. The van der Waals surface area contributed by atoms with E-state index in [0.29, 0.717) is 0 Å². The van der Waals surface area contributed by atoms with E-state index in [4.69, 9.17) is 0 Å². The van der Waals surface area contributed by atoms with Crippen molar-refractivity contribution < 1.29 is 8.42 Å². The van der Waals surface area contributed by atoms with Gasteiger partial charge in [0, 0.05) is 6.04 Å². The smallest absolute Gasteiger partial charge is 0.237 e. The van der Waals surface area contributed by atoms with Crippen molar-refractivity contribution in [2.24, 2.45) is 0 Å². The maximum Gasteiger partial charge on any atom is 0.253 e. The zero-order chi connectivity index (χ0) is 14.6. The first kappa shape index (κ1) is 14.7. The van der Waals surface area contributed by atoms with E-state index < -0.39 is 10.0 Å². The van der Waals surface area contributed by atoms with Crippen LogP contribution in [0, 0.1) is 6.92 Å². The number of sulfonamides is 1. The largest absolute Gasteiger partial charge is 0.253 e. The van der Waals surface area contributed by atoms with Crippen LogP contribution in [0.2, 0.25) is 0 Å². The summed E-state index contributed by atoms with van der Waals surface area (Å²) in [5, 5.41) is 0. The van der Waals surface area contributed by atoms with E-state index in [9.17, 15) is 8.42 Å². The van der Waals surface area contributed by atoms with Crippen LogP contribution in [-0.4, -0.2) is 8.42 Å². The summed E-state index contributed by atoms with van der Waals surface area (Å²) < 4.78 is 24.2. The van der Waals surface area contributed by atoms with E-state index in [-0.39, 0.29) is 10.9 Å². The molecule has 0 aliphatic rings. The molecule has 0 heterocycles. The average molecular weight is 290 g/mol. The van der Waals surface area contributed by atoms with Gasteiger partial charge in [0.2, 0.25) is 0 Å².